The molecule has 0 bridgehead atoms. The number of aliphatic carboxylic acids is 2. The first-order chi connectivity index (χ1) is 16.0. The fraction of sp³-hybridized carbons (Fsp3) is 0.211. The summed E-state index contributed by atoms with van der Waals surface area (Å²) in [5.74, 6) is -3.23. The van der Waals surface area contributed by atoms with Crippen molar-refractivity contribution in [1.82, 2.24) is 25.3 Å². The number of carbonyl (C=O) groups is 3. The van der Waals surface area contributed by atoms with E-state index in [1.54, 1.807) is 57.3 Å². The van der Waals surface area contributed by atoms with E-state index in [4.69, 9.17) is 5.73 Å². The number of rotatable bonds is 9. The highest BCUT2D eigenvalue weighted by atomic mass is 127. The molecule has 0 unspecified atom stereocenters. The Morgan fingerprint density at radius 3 is 2.44 bits per heavy atom. The molecule has 178 valence electrons. The van der Waals surface area contributed by atoms with Gasteiger partial charge in [0.1, 0.15) is 6.04 Å². The van der Waals surface area contributed by atoms with E-state index >= 15 is 0 Å². The molecule has 0 saturated carbocycles. The number of nitrogens with two attached hydrogens (primary N) is 1. The number of benzene rings is 1. The second-order valence-corrected chi connectivity index (χ2v) is 12.7. The normalized spacial score (nSPS) is 12.2. The number of halogens is 2. The van der Waals surface area contributed by atoms with Crippen LogP contribution in [-0.2, 0) is 16.1 Å². The molecule has 7 N–H and O–H groups in total. The van der Waals surface area contributed by atoms with E-state index in [0.717, 1.165) is 0 Å². The van der Waals surface area contributed by atoms with Gasteiger partial charge in [-0.2, -0.15) is 4.98 Å². The predicted octanol–water partition coefficient (Wildman–Crippen LogP) is 1.13. The van der Waals surface area contributed by atoms with E-state index in [9.17, 15) is 29.4 Å². The van der Waals surface area contributed by atoms with E-state index in [0.29, 0.717) is 11.4 Å². The Kier molecular flexibility index (Phi) is 7.85. The number of hydrogen-bond acceptors (Lipinski definition) is 9. The van der Waals surface area contributed by atoms with Gasteiger partial charge in [-0.25, -0.2) is 19.6 Å². The quantitative estimate of drug-likeness (QED) is 0.138. The van der Waals surface area contributed by atoms with Crippen molar-refractivity contribution in [3.05, 3.63) is 52.1 Å². The van der Waals surface area contributed by atoms with E-state index in [2.05, 4.69) is 30.6 Å². The molecule has 0 radical (unpaired) electrons. The maximum Gasteiger partial charge on any atom is 0.329 e. The summed E-state index contributed by atoms with van der Waals surface area (Å²) in [5.41, 5.74) is 6.45. The average molecular weight is 693 g/mol. The molecule has 0 fully saturated rings. The molecule has 15 heteroatoms. The Balaban J connectivity index is 1.64. The number of carbonyl (C=O) groups excluding carboxylic acids is 1. The second kappa shape index (κ2) is 10.5. The number of H-pyrrole nitrogens is 1. The van der Waals surface area contributed by atoms with Gasteiger partial charge >= 0.3 is 11.9 Å². The fourth-order valence-electron chi connectivity index (χ4n) is 2.77. The van der Waals surface area contributed by atoms with Gasteiger partial charge in [-0.15, -0.1) is 0 Å². The smallest absolute Gasteiger partial charge is 0.329 e. The van der Waals surface area contributed by atoms with Crippen LogP contribution >= 0.6 is 45.2 Å². The maximum absolute atomic E-state index is 12.5. The predicted molar refractivity (Wildman–Crippen MR) is 138 cm³/mol. The fourth-order valence-corrected chi connectivity index (χ4v) is 3.65. The third kappa shape index (κ3) is 6.27. The van der Waals surface area contributed by atoms with Gasteiger partial charge in [-0.1, -0.05) is 45.2 Å². The summed E-state index contributed by atoms with van der Waals surface area (Å²) in [6, 6.07) is 4.80. The lowest BCUT2D eigenvalue weighted by Gasteiger charge is -2.21. The number of fused-ring (bicyclic) bond motifs is 1. The van der Waals surface area contributed by atoms with Crippen molar-refractivity contribution < 1.29 is 24.6 Å². The monoisotopic (exact) mass is 693 g/mol. The summed E-state index contributed by atoms with van der Waals surface area (Å²) in [7, 11) is 0. The lowest BCUT2D eigenvalue weighted by Crippen LogP contribution is -2.45. The molecule has 13 nitrogen and oxygen atoms in total. The SMILES string of the molecule is Nc1nc2ncc(CNc3ccc(C(=O)N[C@@H](CC(I)(I)C(=O)O)C(=O)O)cc3)nc2c(=O)[nH]1. The molecule has 0 spiro atoms. The van der Waals surface area contributed by atoms with Gasteiger partial charge in [0.05, 0.1) is 18.4 Å². The van der Waals surface area contributed by atoms with Crippen LogP contribution in [0, 0.1) is 0 Å². The molecule has 0 aliphatic rings. The average Bonchev–Trinajstić information content (AvgIpc) is 2.77. The highest BCUT2D eigenvalue weighted by Crippen LogP contribution is 2.33. The van der Waals surface area contributed by atoms with Crippen LogP contribution in [0.4, 0.5) is 11.6 Å². The largest absolute Gasteiger partial charge is 0.480 e. The molecule has 0 aliphatic heterocycles. The van der Waals surface area contributed by atoms with Crippen LogP contribution in [0.2, 0.25) is 0 Å². The number of nitrogen functional groups attached to an aromatic ring is 1. The number of aromatic amines is 1. The molecule has 2 heterocycles. The van der Waals surface area contributed by atoms with Crippen LogP contribution in [0.1, 0.15) is 22.5 Å². The molecule has 1 amide bonds. The van der Waals surface area contributed by atoms with Gasteiger partial charge in [0.15, 0.2) is 12.6 Å². The van der Waals surface area contributed by atoms with Crippen molar-refractivity contribution >= 4 is 85.8 Å². The topological polar surface area (TPSA) is 213 Å². The number of carboxylic acid groups (broad SMARTS) is 2. The standard InChI is InChI=1S/C19H17I2N7O6/c20-19(21,17(33)34)5-11(16(31)32)26-14(29)8-1-3-9(4-2-8)23-6-10-7-24-13-12(25-10)15(30)28-18(22)27-13/h1-4,7,11,23H,5-6H2,(H,26,29)(H,31,32)(H,33,34)(H3,22,24,27,28,30)/t11-/m0/s1. The Labute approximate surface area is 218 Å². The first kappa shape index (κ1) is 25.5. The minimum atomic E-state index is -1.39. The van der Waals surface area contributed by atoms with Crippen molar-refractivity contribution in [3.63, 3.8) is 0 Å². The van der Waals surface area contributed by atoms with Gasteiger partial charge in [0, 0.05) is 17.7 Å². The number of aromatic nitrogens is 4. The number of hydrogen-bond donors (Lipinski definition) is 6. The van der Waals surface area contributed by atoms with Crippen LogP contribution in [0.15, 0.2) is 35.3 Å². The molecule has 3 rings (SSSR count). The molecule has 0 saturated heterocycles. The van der Waals surface area contributed by atoms with Crippen molar-refractivity contribution in [2.24, 2.45) is 0 Å². The molecule has 1 aromatic carbocycles. The van der Waals surface area contributed by atoms with Gasteiger partial charge in [0.2, 0.25) is 5.95 Å². The number of nitrogens with zero attached hydrogens (tertiary/aromatic N) is 3. The van der Waals surface area contributed by atoms with Gasteiger partial charge < -0.3 is 26.6 Å². The molecule has 1 atom stereocenters. The van der Waals surface area contributed by atoms with E-state index in [1.165, 1.54) is 18.3 Å². The molecule has 3 aromatic rings. The zero-order valence-electron chi connectivity index (χ0n) is 17.1. The molecular weight excluding hydrogens is 676 g/mol. The highest BCUT2D eigenvalue weighted by Gasteiger charge is 2.38. The molecule has 0 aliphatic carbocycles. The van der Waals surface area contributed by atoms with E-state index in [-0.39, 0.29) is 35.6 Å². The molecular formula is C19H17I2N7O6. The summed E-state index contributed by atoms with van der Waals surface area (Å²) < 4.78 is -1.39. The summed E-state index contributed by atoms with van der Waals surface area (Å²) >= 11 is 3.26. The Morgan fingerprint density at radius 1 is 1.15 bits per heavy atom. The number of anilines is 2. The van der Waals surface area contributed by atoms with Gasteiger partial charge in [-0.3, -0.25) is 14.6 Å². The first-order valence-corrected chi connectivity index (χ1v) is 11.6. The van der Waals surface area contributed by atoms with E-state index in [1.807, 2.05) is 0 Å². The summed E-state index contributed by atoms with van der Waals surface area (Å²) in [5, 5.41) is 24.0. The number of nitrogens with one attached hydrogen (secondary N) is 3. The minimum absolute atomic E-state index is 0.0541. The Hall–Kier alpha value is -3.09. The number of carboxylic acids is 2. The third-order valence-corrected chi connectivity index (χ3v) is 6.29. The highest BCUT2D eigenvalue weighted by molar-refractivity contribution is 14.2. The molecule has 2 aromatic heterocycles. The lowest BCUT2D eigenvalue weighted by atomic mass is 10.1. The third-order valence-electron chi connectivity index (χ3n) is 4.48. The number of alkyl halides is 2. The van der Waals surface area contributed by atoms with Crippen LogP contribution in [0.5, 0.6) is 0 Å². The Bertz CT molecular complexity index is 1310. The van der Waals surface area contributed by atoms with Crippen LogP contribution in [0.3, 0.4) is 0 Å². The maximum atomic E-state index is 12.5. The van der Waals surface area contributed by atoms with Gasteiger partial charge in [-0.05, 0) is 24.3 Å². The van der Waals surface area contributed by atoms with Crippen molar-refractivity contribution in [1.29, 1.82) is 0 Å². The van der Waals surface area contributed by atoms with Crippen molar-refractivity contribution in [3.8, 4) is 0 Å². The van der Waals surface area contributed by atoms with Gasteiger partial charge in [0.25, 0.3) is 11.5 Å². The van der Waals surface area contributed by atoms with E-state index < -0.39 is 30.9 Å². The second-order valence-electron chi connectivity index (χ2n) is 6.99. The molecule has 34 heavy (non-hydrogen) atoms. The minimum Gasteiger partial charge on any atom is -0.480 e. The number of amides is 1. The van der Waals surface area contributed by atoms with Crippen LogP contribution < -0.4 is 21.9 Å². The first-order valence-electron chi connectivity index (χ1n) is 9.46. The Morgan fingerprint density at radius 2 is 1.82 bits per heavy atom. The van der Waals surface area contributed by atoms with Crippen LogP contribution in [0.25, 0.3) is 11.2 Å². The van der Waals surface area contributed by atoms with Crippen LogP contribution in [-0.4, -0.2) is 55.5 Å². The van der Waals surface area contributed by atoms with Crippen molar-refractivity contribution in [2.75, 3.05) is 11.1 Å². The zero-order chi connectivity index (χ0) is 25.0. The summed E-state index contributed by atoms with van der Waals surface area (Å²) in [6.07, 6.45) is 1.15. The summed E-state index contributed by atoms with van der Waals surface area (Å²) in [6.45, 7) is 0.224. The zero-order valence-corrected chi connectivity index (χ0v) is 21.4. The lowest BCUT2D eigenvalue weighted by molar-refractivity contribution is -0.140. The summed E-state index contributed by atoms with van der Waals surface area (Å²) in [4.78, 5) is 61.7. The van der Waals surface area contributed by atoms with Crippen molar-refractivity contribution in [2.45, 2.75) is 20.4 Å².